The number of pyridine rings is 1. The van der Waals surface area contributed by atoms with E-state index in [-0.39, 0.29) is 11.6 Å². The lowest BCUT2D eigenvalue weighted by atomic mass is 10.1. The molecule has 3 aromatic carbocycles. The Labute approximate surface area is 192 Å². The molecule has 0 bridgehead atoms. The third kappa shape index (κ3) is 5.44. The number of nitrogens with zero attached hydrogens (tertiary/aromatic N) is 2. The SMILES string of the molecule is O=[N+]([O-])c1ccc(C(O)=[NH+]CCCCCCNc2c3ccccc3nc3ccccc23)cc1. The summed E-state index contributed by atoms with van der Waals surface area (Å²) in [6.45, 7) is 1.53. The Balaban J connectivity index is 1.24. The van der Waals surface area contributed by atoms with E-state index in [0.717, 1.165) is 59.7 Å². The maximum Gasteiger partial charge on any atom is 0.365 e. The molecule has 0 radical (unpaired) electrons. The van der Waals surface area contributed by atoms with Gasteiger partial charge in [-0.15, -0.1) is 0 Å². The van der Waals surface area contributed by atoms with Crippen LogP contribution in [0.3, 0.4) is 0 Å². The highest BCUT2D eigenvalue weighted by Gasteiger charge is 2.11. The number of non-ortho nitro benzene ring substituents is 1. The number of aliphatic hydroxyl groups is 1. The van der Waals surface area contributed by atoms with Gasteiger partial charge in [0.2, 0.25) is 0 Å². The van der Waals surface area contributed by atoms with Gasteiger partial charge >= 0.3 is 5.90 Å². The Hall–Kier alpha value is -4.00. The molecule has 1 heterocycles. The van der Waals surface area contributed by atoms with Crippen LogP contribution in [0.1, 0.15) is 31.2 Å². The number of fused-ring (bicyclic) bond motifs is 2. The van der Waals surface area contributed by atoms with Crippen molar-refractivity contribution in [1.82, 2.24) is 4.98 Å². The number of nitro benzene ring substituents is 1. The molecule has 0 fully saturated rings. The first-order chi connectivity index (χ1) is 16.1. The molecule has 168 valence electrons. The number of aromatic nitrogens is 1. The number of rotatable bonds is 10. The summed E-state index contributed by atoms with van der Waals surface area (Å²) in [5.41, 5.74) is 3.68. The maximum absolute atomic E-state index is 10.7. The molecule has 33 heavy (non-hydrogen) atoms. The predicted octanol–water partition coefficient (Wildman–Crippen LogP) is 4.35. The number of para-hydroxylation sites is 2. The zero-order valence-electron chi connectivity index (χ0n) is 18.3. The second-order valence-electron chi connectivity index (χ2n) is 7.94. The summed E-state index contributed by atoms with van der Waals surface area (Å²) in [6.07, 6.45) is 4.09. The molecule has 1 aromatic heterocycles. The van der Waals surface area contributed by atoms with E-state index in [9.17, 15) is 15.2 Å². The molecule has 7 nitrogen and oxygen atoms in total. The summed E-state index contributed by atoms with van der Waals surface area (Å²) < 4.78 is 0. The molecule has 0 saturated carbocycles. The fourth-order valence-electron chi connectivity index (χ4n) is 3.90. The van der Waals surface area contributed by atoms with Crippen LogP contribution in [0.5, 0.6) is 0 Å². The van der Waals surface area contributed by atoms with Crippen molar-refractivity contribution in [2.24, 2.45) is 0 Å². The molecule has 0 saturated heterocycles. The van der Waals surface area contributed by atoms with E-state index in [1.807, 2.05) is 36.4 Å². The molecule has 0 aliphatic heterocycles. The summed E-state index contributed by atoms with van der Waals surface area (Å²) in [6, 6.07) is 22.3. The number of benzene rings is 3. The van der Waals surface area contributed by atoms with Crippen LogP contribution >= 0.6 is 0 Å². The van der Waals surface area contributed by atoms with E-state index in [2.05, 4.69) is 22.4 Å². The summed E-state index contributed by atoms with van der Waals surface area (Å²) in [5, 5.41) is 26.7. The van der Waals surface area contributed by atoms with E-state index in [4.69, 9.17) is 4.98 Å². The van der Waals surface area contributed by atoms with Gasteiger partial charge in [-0.25, -0.2) is 9.98 Å². The van der Waals surface area contributed by atoms with Gasteiger partial charge < -0.3 is 10.4 Å². The molecule has 0 spiro atoms. The third-order valence-electron chi connectivity index (χ3n) is 5.64. The highest BCUT2D eigenvalue weighted by Crippen LogP contribution is 2.30. The first-order valence-electron chi connectivity index (χ1n) is 11.2. The fourth-order valence-corrected chi connectivity index (χ4v) is 3.90. The van der Waals surface area contributed by atoms with Crippen molar-refractivity contribution in [3.63, 3.8) is 0 Å². The summed E-state index contributed by atoms with van der Waals surface area (Å²) in [5.74, 6) is 0.0445. The smallest absolute Gasteiger partial charge is 0.365 e. The van der Waals surface area contributed by atoms with Crippen LogP contribution in [0, 0.1) is 10.1 Å². The van der Waals surface area contributed by atoms with Crippen LogP contribution in [0.25, 0.3) is 21.8 Å². The van der Waals surface area contributed by atoms with E-state index >= 15 is 0 Å². The molecule has 0 aliphatic rings. The number of nitro groups is 1. The zero-order valence-corrected chi connectivity index (χ0v) is 18.3. The minimum atomic E-state index is -0.456. The van der Waals surface area contributed by atoms with Crippen molar-refractivity contribution >= 4 is 39.1 Å². The van der Waals surface area contributed by atoms with E-state index < -0.39 is 4.92 Å². The number of unbranched alkanes of at least 4 members (excludes halogenated alkanes) is 3. The largest absolute Gasteiger partial charge is 0.460 e. The van der Waals surface area contributed by atoms with Gasteiger partial charge in [0.25, 0.3) is 5.69 Å². The van der Waals surface area contributed by atoms with Gasteiger partial charge in [0, 0.05) is 35.9 Å². The quantitative estimate of drug-likeness (QED) is 0.0844. The van der Waals surface area contributed by atoms with Gasteiger partial charge in [-0.1, -0.05) is 42.8 Å². The number of hydrogen-bond donors (Lipinski definition) is 3. The number of hydrogen-bond acceptors (Lipinski definition) is 4. The standard InChI is InChI=1S/C26H26N4O3/c31-26(19-13-15-20(16-14-19)30(32)33)28-18-8-2-1-7-17-27-25-21-9-3-5-11-23(21)29-24-12-6-4-10-22(24)25/h3-6,9-16H,1-2,7-8,17-18H2,(H,27,29)(H,28,31)/p+1. The van der Waals surface area contributed by atoms with Gasteiger partial charge in [-0.05, 0) is 37.1 Å². The fraction of sp³-hybridized carbons (Fsp3) is 0.231. The number of aliphatic hydroxyl groups excluding tert-OH is 1. The first kappa shape index (κ1) is 22.2. The predicted molar refractivity (Wildman–Crippen MR) is 132 cm³/mol. The van der Waals surface area contributed by atoms with Gasteiger partial charge in [-0.3, -0.25) is 10.1 Å². The Kier molecular flexibility index (Phi) is 7.09. The van der Waals surface area contributed by atoms with Crippen molar-refractivity contribution in [2.75, 3.05) is 18.4 Å². The molecule has 0 atom stereocenters. The van der Waals surface area contributed by atoms with Gasteiger partial charge in [0.15, 0.2) is 0 Å². The van der Waals surface area contributed by atoms with Crippen LogP contribution < -0.4 is 10.3 Å². The van der Waals surface area contributed by atoms with Crippen LogP contribution in [-0.4, -0.2) is 34.0 Å². The van der Waals surface area contributed by atoms with Crippen molar-refractivity contribution < 1.29 is 15.0 Å². The molecule has 3 N–H and O–H groups in total. The second-order valence-corrected chi connectivity index (χ2v) is 7.94. The molecule has 7 heteroatoms. The Morgan fingerprint density at radius 1 is 0.879 bits per heavy atom. The van der Waals surface area contributed by atoms with E-state index in [0.29, 0.717) is 12.1 Å². The number of anilines is 1. The highest BCUT2D eigenvalue weighted by molar-refractivity contribution is 6.07. The number of nitrogens with one attached hydrogen (secondary N) is 2. The molecule has 0 amide bonds. The molecular weight excluding hydrogens is 416 g/mol. The average Bonchev–Trinajstić information content (AvgIpc) is 2.84. The van der Waals surface area contributed by atoms with E-state index in [1.54, 1.807) is 12.1 Å². The minimum absolute atomic E-state index is 0.00733. The summed E-state index contributed by atoms with van der Waals surface area (Å²) in [4.78, 5) is 18.0. The van der Waals surface area contributed by atoms with Crippen LogP contribution in [0.4, 0.5) is 11.4 Å². The third-order valence-corrected chi connectivity index (χ3v) is 5.64. The molecule has 4 aromatic rings. The monoisotopic (exact) mass is 443 g/mol. The lowest BCUT2D eigenvalue weighted by Gasteiger charge is -2.13. The molecular formula is C26H27N4O3+. The Morgan fingerprint density at radius 3 is 2.12 bits per heavy atom. The highest BCUT2D eigenvalue weighted by atomic mass is 16.6. The molecule has 0 unspecified atom stereocenters. The van der Waals surface area contributed by atoms with Crippen LogP contribution in [0.2, 0.25) is 0 Å². The lowest BCUT2D eigenvalue weighted by Crippen LogP contribution is -2.73. The average molecular weight is 444 g/mol. The normalized spacial score (nSPS) is 11.7. The van der Waals surface area contributed by atoms with Gasteiger partial charge in [0.05, 0.1) is 27.2 Å². The lowest BCUT2D eigenvalue weighted by molar-refractivity contribution is -0.466. The maximum atomic E-state index is 10.7. The van der Waals surface area contributed by atoms with Crippen molar-refractivity contribution in [2.45, 2.75) is 25.7 Å². The van der Waals surface area contributed by atoms with E-state index in [1.165, 1.54) is 12.1 Å². The second kappa shape index (κ2) is 10.5. The van der Waals surface area contributed by atoms with Crippen molar-refractivity contribution in [3.8, 4) is 0 Å². The Morgan fingerprint density at radius 2 is 1.48 bits per heavy atom. The Bertz CT molecular complexity index is 1230. The summed E-state index contributed by atoms with van der Waals surface area (Å²) >= 11 is 0. The van der Waals surface area contributed by atoms with Crippen molar-refractivity contribution in [3.05, 3.63) is 88.5 Å². The topological polar surface area (TPSA) is 102 Å². The van der Waals surface area contributed by atoms with Gasteiger partial charge in [-0.2, -0.15) is 0 Å². The van der Waals surface area contributed by atoms with Gasteiger partial charge in [0.1, 0.15) is 6.54 Å². The molecule has 4 rings (SSSR count). The van der Waals surface area contributed by atoms with Crippen molar-refractivity contribution in [1.29, 1.82) is 0 Å². The first-order valence-corrected chi connectivity index (χ1v) is 11.2. The van der Waals surface area contributed by atoms with Crippen LogP contribution in [0.15, 0.2) is 72.8 Å². The summed E-state index contributed by atoms with van der Waals surface area (Å²) in [7, 11) is 0. The minimum Gasteiger partial charge on any atom is -0.460 e. The molecule has 0 aliphatic carbocycles. The zero-order chi connectivity index (χ0) is 23.0. The van der Waals surface area contributed by atoms with Crippen LogP contribution in [-0.2, 0) is 0 Å².